The number of hydrogen-bond donors (Lipinski definition) is 4. The third-order valence-corrected chi connectivity index (χ3v) is 7.99. The Labute approximate surface area is 214 Å². The molecule has 1 aliphatic rings. The van der Waals surface area contributed by atoms with Crippen LogP contribution in [0.5, 0.6) is 5.75 Å². The summed E-state index contributed by atoms with van der Waals surface area (Å²) in [5.74, 6) is 0.905. The monoisotopic (exact) mass is 513 g/mol. The first-order valence-electron chi connectivity index (χ1n) is 11.8. The number of rotatable bonds is 10. The van der Waals surface area contributed by atoms with E-state index in [0.717, 1.165) is 23.3 Å². The third kappa shape index (κ3) is 5.38. The number of methoxy groups -OCH3 is 1. The fourth-order valence-electron chi connectivity index (χ4n) is 4.54. The molecule has 4 rings (SSSR count). The highest BCUT2D eigenvalue weighted by Gasteiger charge is 2.56. The van der Waals surface area contributed by atoms with Gasteiger partial charge in [0.25, 0.3) is 5.56 Å². The maximum absolute atomic E-state index is 14.6. The Morgan fingerprint density at radius 2 is 2.00 bits per heavy atom. The Bertz CT molecular complexity index is 1310. The van der Waals surface area contributed by atoms with Gasteiger partial charge in [0, 0.05) is 23.3 Å². The molecule has 7 nitrogen and oxygen atoms in total. The molecule has 3 unspecified atom stereocenters. The van der Waals surface area contributed by atoms with E-state index in [1.807, 2.05) is 31.2 Å². The molecule has 1 aromatic heterocycles. The number of ether oxygens (including phenoxy) is 1. The quantitative estimate of drug-likeness (QED) is 0.294. The number of pyridine rings is 1. The van der Waals surface area contributed by atoms with Crippen LogP contribution in [0, 0.1) is 19.7 Å². The Hall–Kier alpha value is -3.01. The Balaban J connectivity index is 1.64. The van der Waals surface area contributed by atoms with Gasteiger partial charge in [-0.3, -0.25) is 9.36 Å². The molecule has 9 heteroatoms. The van der Waals surface area contributed by atoms with Crippen LogP contribution in [0.25, 0.3) is 0 Å². The maximum Gasteiger partial charge on any atom is 0.254 e. The molecule has 3 aromatic rings. The molecule has 36 heavy (non-hydrogen) atoms. The number of nitrogens with zero attached hydrogens (tertiary/aromatic N) is 1. The Morgan fingerprint density at radius 3 is 2.69 bits per heavy atom. The average molecular weight is 514 g/mol. The number of aliphatic hydroxyl groups excluding tert-OH is 2. The average Bonchev–Trinajstić information content (AvgIpc) is 3.58. The van der Waals surface area contributed by atoms with E-state index in [4.69, 9.17) is 4.74 Å². The van der Waals surface area contributed by atoms with Crippen molar-refractivity contribution >= 4 is 29.1 Å². The van der Waals surface area contributed by atoms with Gasteiger partial charge in [0.1, 0.15) is 17.4 Å². The van der Waals surface area contributed by atoms with Crippen molar-refractivity contribution < 1.29 is 19.3 Å². The van der Waals surface area contributed by atoms with Gasteiger partial charge in [-0.2, -0.15) is 0 Å². The summed E-state index contributed by atoms with van der Waals surface area (Å²) in [5, 5.41) is 22.9. The van der Waals surface area contributed by atoms with Crippen molar-refractivity contribution in [3.05, 3.63) is 81.4 Å². The first-order chi connectivity index (χ1) is 17.2. The molecule has 3 atom stereocenters. The van der Waals surface area contributed by atoms with Crippen molar-refractivity contribution in [2.75, 3.05) is 23.8 Å². The van der Waals surface area contributed by atoms with Gasteiger partial charge in [-0.15, -0.1) is 0 Å². The molecule has 0 spiro atoms. The fraction of sp³-hybridized carbons (Fsp3) is 0.370. The molecule has 0 saturated heterocycles. The van der Waals surface area contributed by atoms with Crippen LogP contribution in [0.2, 0.25) is 0 Å². The fourth-order valence-corrected chi connectivity index (χ4v) is 5.81. The maximum atomic E-state index is 14.6. The minimum Gasteiger partial charge on any atom is -0.497 e. The largest absolute Gasteiger partial charge is 0.497 e. The molecule has 1 saturated carbocycles. The van der Waals surface area contributed by atoms with E-state index in [-0.39, 0.29) is 28.5 Å². The molecule has 0 amide bonds. The van der Waals surface area contributed by atoms with Crippen LogP contribution in [0.4, 0.5) is 21.6 Å². The van der Waals surface area contributed by atoms with Crippen molar-refractivity contribution in [2.24, 2.45) is 7.05 Å². The summed E-state index contributed by atoms with van der Waals surface area (Å²) in [7, 11) is 3.26. The second-order valence-corrected chi connectivity index (χ2v) is 10.6. The Kier molecular flexibility index (Phi) is 7.63. The van der Waals surface area contributed by atoms with Crippen molar-refractivity contribution in [2.45, 2.75) is 43.5 Å². The predicted octanol–water partition coefficient (Wildman–Crippen LogP) is 4.62. The van der Waals surface area contributed by atoms with E-state index in [1.54, 1.807) is 39.3 Å². The Morgan fingerprint density at radius 1 is 1.22 bits per heavy atom. The lowest BCUT2D eigenvalue weighted by Gasteiger charge is -2.23. The van der Waals surface area contributed by atoms with Crippen molar-refractivity contribution in [1.29, 1.82) is 0 Å². The molecular weight excluding hydrogens is 481 g/mol. The normalized spacial score (nSPS) is 19.6. The minimum atomic E-state index is -0.865. The minimum absolute atomic E-state index is 0.130. The summed E-state index contributed by atoms with van der Waals surface area (Å²) in [5.41, 5.74) is 3.12. The molecule has 0 aliphatic heterocycles. The summed E-state index contributed by atoms with van der Waals surface area (Å²) >= 11 is 1.45. The number of halogens is 1. The van der Waals surface area contributed by atoms with E-state index in [0.29, 0.717) is 23.5 Å². The zero-order valence-corrected chi connectivity index (χ0v) is 21.7. The lowest BCUT2D eigenvalue weighted by atomic mass is 10.1. The van der Waals surface area contributed by atoms with Crippen molar-refractivity contribution in [3.63, 3.8) is 0 Å². The second kappa shape index (κ2) is 10.5. The summed E-state index contributed by atoms with van der Waals surface area (Å²) < 4.78 is 24.4. The van der Waals surface area contributed by atoms with E-state index in [2.05, 4.69) is 10.0 Å². The van der Waals surface area contributed by atoms with Crippen LogP contribution in [0.1, 0.15) is 35.4 Å². The molecule has 1 aliphatic carbocycles. The van der Waals surface area contributed by atoms with Gasteiger partial charge in [-0.25, -0.2) is 4.39 Å². The number of aliphatic hydroxyl groups is 2. The van der Waals surface area contributed by atoms with Crippen LogP contribution in [0.15, 0.2) is 53.3 Å². The number of aryl methyl sites for hydroxylation is 2. The first kappa shape index (κ1) is 26.1. The summed E-state index contributed by atoms with van der Waals surface area (Å²) in [6.07, 6.45) is 0.300. The molecule has 2 aromatic carbocycles. The molecular formula is C27H32FN3O4S. The van der Waals surface area contributed by atoms with Gasteiger partial charge in [0.15, 0.2) is 0 Å². The molecule has 192 valence electrons. The van der Waals surface area contributed by atoms with E-state index in [1.165, 1.54) is 22.6 Å². The van der Waals surface area contributed by atoms with Gasteiger partial charge in [0.05, 0.1) is 31.2 Å². The van der Waals surface area contributed by atoms with Crippen molar-refractivity contribution in [3.8, 4) is 5.75 Å². The number of nitrogens with one attached hydrogen (secondary N) is 2. The van der Waals surface area contributed by atoms with E-state index in [9.17, 15) is 19.4 Å². The lowest BCUT2D eigenvalue weighted by molar-refractivity contribution is 0.0861. The molecule has 1 heterocycles. The topological polar surface area (TPSA) is 95.8 Å². The number of hydrogen-bond acceptors (Lipinski definition) is 7. The van der Waals surface area contributed by atoms with Gasteiger partial charge in [0.2, 0.25) is 0 Å². The van der Waals surface area contributed by atoms with Gasteiger partial charge in [-0.1, -0.05) is 18.2 Å². The first-order valence-corrected chi connectivity index (χ1v) is 12.6. The van der Waals surface area contributed by atoms with Crippen LogP contribution < -0.4 is 20.3 Å². The lowest BCUT2D eigenvalue weighted by Crippen LogP contribution is -2.24. The van der Waals surface area contributed by atoms with Crippen molar-refractivity contribution in [1.82, 2.24) is 4.57 Å². The number of aromatic nitrogens is 1. The van der Waals surface area contributed by atoms with E-state index >= 15 is 0 Å². The van der Waals surface area contributed by atoms with Crippen LogP contribution >= 0.6 is 11.9 Å². The third-order valence-electron chi connectivity index (χ3n) is 6.65. The number of anilines is 3. The zero-order chi connectivity index (χ0) is 26.0. The SMILES string of the molecule is COc1cccc(C2CC2(CC(O)CO)SNc2cc(C)c(=O)n(C)c2Nc2ccc(C)cc2F)c1. The molecule has 1 fully saturated rings. The second-order valence-electron chi connectivity index (χ2n) is 9.40. The van der Waals surface area contributed by atoms with Crippen LogP contribution in [-0.2, 0) is 7.05 Å². The zero-order valence-electron chi connectivity index (χ0n) is 20.8. The van der Waals surface area contributed by atoms with Crippen LogP contribution in [-0.4, -0.2) is 39.3 Å². The highest BCUT2D eigenvalue weighted by Crippen LogP contribution is 2.63. The molecule has 0 radical (unpaired) electrons. The smallest absolute Gasteiger partial charge is 0.254 e. The summed E-state index contributed by atoms with van der Waals surface area (Å²) in [4.78, 5) is 12.7. The van der Waals surface area contributed by atoms with Gasteiger partial charge < -0.3 is 25.0 Å². The van der Waals surface area contributed by atoms with Crippen LogP contribution in [0.3, 0.4) is 0 Å². The van der Waals surface area contributed by atoms with Gasteiger partial charge in [-0.05, 0) is 80.1 Å². The van der Waals surface area contributed by atoms with E-state index < -0.39 is 11.9 Å². The molecule has 0 bridgehead atoms. The summed E-state index contributed by atoms with van der Waals surface area (Å²) in [6, 6.07) is 14.5. The number of benzene rings is 2. The summed E-state index contributed by atoms with van der Waals surface area (Å²) in [6.45, 7) is 3.22. The highest BCUT2D eigenvalue weighted by molar-refractivity contribution is 8.02. The molecule has 4 N–H and O–H groups in total. The highest BCUT2D eigenvalue weighted by atomic mass is 32.2. The predicted molar refractivity (Wildman–Crippen MR) is 143 cm³/mol. The van der Waals surface area contributed by atoms with Gasteiger partial charge >= 0.3 is 0 Å². The standard InChI is InChI=1S/C27H32FN3O4S/c1-16-8-9-23(22(28)10-16)29-25-24(11-17(2)26(34)31(25)3)30-36-27(13-19(33)15-32)14-21(27)18-6-5-7-20(12-18)35-4/h5-12,19,21,29-30,32-33H,13-15H2,1-4H3.